The summed E-state index contributed by atoms with van der Waals surface area (Å²) < 4.78 is 20.4. The molecule has 1 fully saturated rings. The van der Waals surface area contributed by atoms with E-state index in [4.69, 9.17) is 4.74 Å². The summed E-state index contributed by atoms with van der Waals surface area (Å²) in [6, 6.07) is 6.77. The van der Waals surface area contributed by atoms with Crippen molar-refractivity contribution in [2.24, 2.45) is 0 Å². The number of nitrogens with zero attached hydrogens (tertiary/aromatic N) is 6. The molecule has 0 saturated heterocycles. The highest BCUT2D eigenvalue weighted by Crippen LogP contribution is 2.42. The van der Waals surface area contributed by atoms with E-state index in [1.165, 1.54) is 18.0 Å². The average molecular weight is 550 g/mol. The van der Waals surface area contributed by atoms with Crippen molar-refractivity contribution in [3.8, 4) is 5.82 Å². The molecular formula is C27H32FN9O3. The minimum absolute atomic E-state index is 0.240. The van der Waals surface area contributed by atoms with Gasteiger partial charge in [0.25, 0.3) is 5.91 Å². The zero-order chi connectivity index (χ0) is 28.5. The van der Waals surface area contributed by atoms with Crippen molar-refractivity contribution in [1.29, 1.82) is 0 Å². The number of aryl methyl sites for hydroxylation is 2. The standard InChI is InChI=1S/C27H32FN9O3/c1-16-11-21(33-22-12-17(2)35-36-22)34-24(31-16)26(39)7-9-27(40-4,10-8-26)25(38)32-18(3)19-5-6-23(29-13-19)37-15-20(28)14-30-37/h5-6,11-15,18,39H,7-10H2,1-4H3,(H,32,38)(H2,31,33,34,35,36)/t18-,26?,27?/m0/s1. The van der Waals surface area contributed by atoms with Crippen LogP contribution in [0.15, 0.2) is 42.9 Å². The van der Waals surface area contributed by atoms with Crippen LogP contribution in [0.5, 0.6) is 0 Å². The fourth-order valence-corrected chi connectivity index (χ4v) is 4.90. The molecule has 0 aliphatic heterocycles. The molecule has 0 spiro atoms. The number of aromatic nitrogens is 7. The molecule has 0 radical (unpaired) electrons. The van der Waals surface area contributed by atoms with E-state index in [1.54, 1.807) is 24.4 Å². The lowest BCUT2D eigenvalue weighted by molar-refractivity contribution is -0.157. The highest BCUT2D eigenvalue weighted by molar-refractivity contribution is 5.85. The van der Waals surface area contributed by atoms with Gasteiger partial charge in [-0.05, 0) is 58.1 Å². The average Bonchev–Trinajstić information content (AvgIpc) is 3.56. The van der Waals surface area contributed by atoms with Crippen LogP contribution in [0, 0.1) is 19.7 Å². The molecule has 1 atom stereocenters. The molecule has 1 amide bonds. The number of aliphatic hydroxyl groups is 1. The van der Waals surface area contributed by atoms with Gasteiger partial charge in [-0.15, -0.1) is 0 Å². The predicted octanol–water partition coefficient (Wildman–Crippen LogP) is 3.30. The van der Waals surface area contributed by atoms with Crippen molar-refractivity contribution < 1.29 is 19.0 Å². The normalized spacial score (nSPS) is 21.6. The Morgan fingerprint density at radius 2 is 1.93 bits per heavy atom. The van der Waals surface area contributed by atoms with Gasteiger partial charge in [-0.3, -0.25) is 9.89 Å². The van der Waals surface area contributed by atoms with E-state index in [-0.39, 0.29) is 37.6 Å². The maximum Gasteiger partial charge on any atom is 0.252 e. The van der Waals surface area contributed by atoms with Crippen molar-refractivity contribution in [2.45, 2.75) is 63.7 Å². The highest BCUT2D eigenvalue weighted by atomic mass is 19.1. The quantitative estimate of drug-likeness (QED) is 0.259. The number of carbonyl (C=O) groups excluding carboxylic acids is 1. The van der Waals surface area contributed by atoms with E-state index in [2.05, 4.69) is 40.9 Å². The van der Waals surface area contributed by atoms with Crippen molar-refractivity contribution in [3.05, 3.63) is 71.4 Å². The molecule has 4 aromatic heterocycles. The van der Waals surface area contributed by atoms with Crippen LogP contribution in [0.1, 0.15) is 61.4 Å². The molecule has 4 heterocycles. The fourth-order valence-electron chi connectivity index (χ4n) is 4.90. The summed E-state index contributed by atoms with van der Waals surface area (Å²) in [6.45, 7) is 5.58. The Labute approximate surface area is 230 Å². The summed E-state index contributed by atoms with van der Waals surface area (Å²) in [7, 11) is 1.51. The molecule has 40 heavy (non-hydrogen) atoms. The monoisotopic (exact) mass is 549 g/mol. The van der Waals surface area contributed by atoms with Crippen LogP contribution in [-0.2, 0) is 15.1 Å². The molecule has 1 aliphatic rings. The number of anilines is 2. The SMILES string of the molecule is COC1(C(=O)N[C@@H](C)c2ccc(-n3cc(F)cn3)nc2)CCC(O)(c2nc(C)cc(Nc3cc(C)[nH]n3)n2)CC1. The number of methoxy groups -OCH3 is 1. The van der Waals surface area contributed by atoms with Crippen LogP contribution in [0.25, 0.3) is 5.82 Å². The van der Waals surface area contributed by atoms with Gasteiger partial charge in [-0.1, -0.05) is 6.07 Å². The molecular weight excluding hydrogens is 517 g/mol. The Kier molecular flexibility index (Phi) is 7.34. The number of ether oxygens (including phenoxy) is 1. The largest absolute Gasteiger partial charge is 0.382 e. The predicted molar refractivity (Wildman–Crippen MR) is 143 cm³/mol. The number of halogens is 1. The lowest BCUT2D eigenvalue weighted by Gasteiger charge is -2.41. The second-order valence-corrected chi connectivity index (χ2v) is 10.3. The molecule has 1 aliphatic carbocycles. The lowest BCUT2D eigenvalue weighted by Crippen LogP contribution is -2.53. The van der Waals surface area contributed by atoms with Crippen LogP contribution in [-0.4, -0.2) is 58.7 Å². The van der Waals surface area contributed by atoms with Gasteiger partial charge < -0.3 is 20.5 Å². The van der Waals surface area contributed by atoms with Crippen LogP contribution >= 0.6 is 0 Å². The Morgan fingerprint density at radius 3 is 2.52 bits per heavy atom. The number of hydrogen-bond acceptors (Lipinski definition) is 9. The van der Waals surface area contributed by atoms with Gasteiger partial charge in [-0.25, -0.2) is 24.0 Å². The number of rotatable bonds is 8. The second kappa shape index (κ2) is 10.7. The summed E-state index contributed by atoms with van der Waals surface area (Å²) in [5, 5.41) is 28.7. The molecule has 4 N–H and O–H groups in total. The Balaban J connectivity index is 1.25. The van der Waals surface area contributed by atoms with E-state index in [9.17, 15) is 14.3 Å². The van der Waals surface area contributed by atoms with Crippen LogP contribution < -0.4 is 10.6 Å². The van der Waals surface area contributed by atoms with Crippen molar-refractivity contribution in [3.63, 3.8) is 0 Å². The van der Waals surface area contributed by atoms with Crippen molar-refractivity contribution >= 4 is 17.5 Å². The fraction of sp³-hybridized carbons (Fsp3) is 0.407. The Morgan fingerprint density at radius 1 is 1.15 bits per heavy atom. The van der Waals surface area contributed by atoms with Crippen molar-refractivity contribution in [2.75, 3.05) is 12.4 Å². The van der Waals surface area contributed by atoms with Gasteiger partial charge >= 0.3 is 0 Å². The summed E-state index contributed by atoms with van der Waals surface area (Å²) in [5.41, 5.74) is -0.0621. The lowest BCUT2D eigenvalue weighted by atomic mass is 9.74. The Hall–Kier alpha value is -4.23. The number of nitrogens with one attached hydrogen (secondary N) is 3. The number of pyridine rings is 1. The summed E-state index contributed by atoms with van der Waals surface area (Å²) in [4.78, 5) is 26.8. The Bertz CT molecular complexity index is 1490. The zero-order valence-electron chi connectivity index (χ0n) is 22.8. The molecule has 0 unspecified atom stereocenters. The van der Waals surface area contributed by atoms with E-state index >= 15 is 0 Å². The molecule has 1 saturated carbocycles. The first kappa shape index (κ1) is 27.3. The first-order chi connectivity index (χ1) is 19.1. The smallest absolute Gasteiger partial charge is 0.252 e. The minimum Gasteiger partial charge on any atom is -0.382 e. The third kappa shape index (κ3) is 5.56. The maximum absolute atomic E-state index is 13.4. The zero-order valence-corrected chi connectivity index (χ0v) is 22.8. The minimum atomic E-state index is -1.32. The summed E-state index contributed by atoms with van der Waals surface area (Å²) >= 11 is 0. The molecule has 4 aromatic rings. The van der Waals surface area contributed by atoms with Gasteiger partial charge in [-0.2, -0.15) is 10.2 Å². The number of carbonyl (C=O) groups is 1. The molecule has 5 rings (SSSR count). The number of aromatic amines is 1. The number of hydrogen-bond donors (Lipinski definition) is 4. The van der Waals surface area contributed by atoms with Crippen LogP contribution in [0.2, 0.25) is 0 Å². The third-order valence-corrected chi connectivity index (χ3v) is 7.33. The van der Waals surface area contributed by atoms with Gasteiger partial charge in [0, 0.05) is 36.8 Å². The second-order valence-electron chi connectivity index (χ2n) is 10.3. The first-order valence-corrected chi connectivity index (χ1v) is 13.0. The summed E-state index contributed by atoms with van der Waals surface area (Å²) in [6.07, 6.45) is 4.99. The molecule has 0 bridgehead atoms. The molecule has 210 valence electrons. The van der Waals surface area contributed by atoms with Gasteiger partial charge in [0.1, 0.15) is 17.0 Å². The van der Waals surface area contributed by atoms with Crippen LogP contribution in [0.3, 0.4) is 0 Å². The van der Waals surface area contributed by atoms with E-state index in [1.807, 2.05) is 26.8 Å². The van der Waals surface area contributed by atoms with Gasteiger partial charge in [0.05, 0.1) is 18.4 Å². The molecule has 12 nitrogen and oxygen atoms in total. The molecule has 13 heteroatoms. The number of amides is 1. The van der Waals surface area contributed by atoms with Gasteiger partial charge in [0.2, 0.25) is 0 Å². The van der Waals surface area contributed by atoms with Crippen LogP contribution in [0.4, 0.5) is 16.0 Å². The summed E-state index contributed by atoms with van der Waals surface area (Å²) in [5.74, 6) is 1.16. The van der Waals surface area contributed by atoms with E-state index in [0.29, 0.717) is 29.0 Å². The number of H-pyrrole nitrogens is 1. The maximum atomic E-state index is 13.4. The van der Waals surface area contributed by atoms with E-state index in [0.717, 1.165) is 17.5 Å². The molecule has 0 aromatic carbocycles. The highest BCUT2D eigenvalue weighted by Gasteiger charge is 2.49. The third-order valence-electron chi connectivity index (χ3n) is 7.33. The topological polar surface area (TPSA) is 156 Å². The van der Waals surface area contributed by atoms with E-state index < -0.39 is 17.0 Å². The van der Waals surface area contributed by atoms with Crippen molar-refractivity contribution in [1.82, 2.24) is 40.2 Å². The first-order valence-electron chi connectivity index (χ1n) is 13.0. The van der Waals surface area contributed by atoms with Gasteiger partial charge in [0.15, 0.2) is 23.3 Å².